The van der Waals surface area contributed by atoms with Crippen LogP contribution in [-0.4, -0.2) is 19.4 Å². The molecule has 0 unspecified atom stereocenters. The highest BCUT2D eigenvalue weighted by atomic mass is 19.1. The predicted molar refractivity (Wildman–Crippen MR) is 62.4 cm³/mol. The largest absolute Gasteiger partial charge is 0.371 e. The number of anilines is 1. The molecule has 1 aromatic rings. The molecule has 0 aliphatic carbocycles. The fourth-order valence-electron chi connectivity index (χ4n) is 2.11. The molecule has 1 aliphatic heterocycles. The van der Waals surface area contributed by atoms with E-state index in [1.165, 1.54) is 12.1 Å². The van der Waals surface area contributed by atoms with Gasteiger partial charge in [-0.1, -0.05) is 6.92 Å². The van der Waals surface area contributed by atoms with Gasteiger partial charge < -0.3 is 4.90 Å². The van der Waals surface area contributed by atoms with Crippen LogP contribution in [0.15, 0.2) is 18.2 Å². The first kappa shape index (κ1) is 11.1. The van der Waals surface area contributed by atoms with E-state index in [0.29, 0.717) is 11.8 Å². The molecule has 0 saturated carbocycles. The summed E-state index contributed by atoms with van der Waals surface area (Å²) < 4.78 is 13.3. The van der Waals surface area contributed by atoms with E-state index in [1.807, 2.05) is 0 Å². The SMILES string of the molecule is CC1CCN(c2cc(F)cc(C=O)c2)CC1. The Morgan fingerprint density at radius 2 is 2.00 bits per heavy atom. The maximum absolute atomic E-state index is 13.3. The quantitative estimate of drug-likeness (QED) is 0.716. The topological polar surface area (TPSA) is 20.3 Å². The average Bonchev–Trinajstić information content (AvgIpc) is 2.29. The highest BCUT2D eigenvalue weighted by molar-refractivity contribution is 5.77. The Morgan fingerprint density at radius 3 is 2.62 bits per heavy atom. The van der Waals surface area contributed by atoms with E-state index in [0.717, 1.165) is 37.5 Å². The highest BCUT2D eigenvalue weighted by Gasteiger charge is 2.16. The van der Waals surface area contributed by atoms with Crippen molar-refractivity contribution >= 4 is 12.0 Å². The van der Waals surface area contributed by atoms with Crippen LogP contribution in [0.5, 0.6) is 0 Å². The second-order valence-corrected chi connectivity index (χ2v) is 4.53. The van der Waals surface area contributed by atoms with E-state index in [2.05, 4.69) is 11.8 Å². The minimum atomic E-state index is -0.335. The Bertz CT molecular complexity index is 384. The molecule has 1 aromatic carbocycles. The van der Waals surface area contributed by atoms with Crippen molar-refractivity contribution in [1.82, 2.24) is 0 Å². The van der Waals surface area contributed by atoms with Crippen LogP contribution in [0.25, 0.3) is 0 Å². The van der Waals surface area contributed by atoms with Crippen molar-refractivity contribution < 1.29 is 9.18 Å². The number of hydrogen-bond acceptors (Lipinski definition) is 2. The zero-order valence-corrected chi connectivity index (χ0v) is 9.45. The van der Waals surface area contributed by atoms with Gasteiger partial charge in [0.15, 0.2) is 0 Å². The molecule has 1 saturated heterocycles. The van der Waals surface area contributed by atoms with Crippen molar-refractivity contribution in [3.8, 4) is 0 Å². The molecule has 2 nitrogen and oxygen atoms in total. The number of carbonyl (C=O) groups excluding carboxylic acids is 1. The Balaban J connectivity index is 2.19. The van der Waals surface area contributed by atoms with Crippen LogP contribution >= 0.6 is 0 Å². The van der Waals surface area contributed by atoms with Crippen molar-refractivity contribution in [2.24, 2.45) is 5.92 Å². The Kier molecular flexibility index (Phi) is 3.22. The van der Waals surface area contributed by atoms with Crippen molar-refractivity contribution in [2.75, 3.05) is 18.0 Å². The van der Waals surface area contributed by atoms with Crippen LogP contribution in [0.1, 0.15) is 30.1 Å². The first-order valence-electron chi connectivity index (χ1n) is 5.70. The second kappa shape index (κ2) is 4.64. The van der Waals surface area contributed by atoms with Gasteiger partial charge in [-0.25, -0.2) is 4.39 Å². The zero-order valence-electron chi connectivity index (χ0n) is 9.45. The van der Waals surface area contributed by atoms with Gasteiger partial charge in [0.25, 0.3) is 0 Å². The summed E-state index contributed by atoms with van der Waals surface area (Å²) in [5, 5.41) is 0. The Labute approximate surface area is 95.1 Å². The minimum absolute atomic E-state index is 0.335. The molecular formula is C13H16FNO. The Morgan fingerprint density at radius 1 is 1.31 bits per heavy atom. The first-order valence-corrected chi connectivity index (χ1v) is 5.70. The van der Waals surface area contributed by atoms with Gasteiger partial charge in [-0.2, -0.15) is 0 Å². The smallest absolute Gasteiger partial charge is 0.150 e. The van der Waals surface area contributed by atoms with Crippen LogP contribution in [0.4, 0.5) is 10.1 Å². The first-order chi connectivity index (χ1) is 7.69. The maximum atomic E-state index is 13.3. The van der Waals surface area contributed by atoms with Gasteiger partial charge in [-0.05, 0) is 37.0 Å². The third-order valence-electron chi connectivity index (χ3n) is 3.19. The number of halogens is 1. The molecule has 16 heavy (non-hydrogen) atoms. The van der Waals surface area contributed by atoms with Gasteiger partial charge >= 0.3 is 0 Å². The van der Waals surface area contributed by atoms with E-state index in [4.69, 9.17) is 0 Å². The monoisotopic (exact) mass is 221 g/mol. The molecule has 0 radical (unpaired) electrons. The minimum Gasteiger partial charge on any atom is -0.371 e. The maximum Gasteiger partial charge on any atom is 0.150 e. The molecule has 1 heterocycles. The van der Waals surface area contributed by atoms with Gasteiger partial charge in [-0.15, -0.1) is 0 Å². The lowest BCUT2D eigenvalue weighted by atomic mass is 9.98. The lowest BCUT2D eigenvalue weighted by Gasteiger charge is -2.32. The van der Waals surface area contributed by atoms with Crippen molar-refractivity contribution in [3.05, 3.63) is 29.6 Å². The zero-order chi connectivity index (χ0) is 11.5. The molecule has 0 atom stereocenters. The van der Waals surface area contributed by atoms with Crippen LogP contribution in [0.3, 0.4) is 0 Å². The molecule has 0 bridgehead atoms. The summed E-state index contributed by atoms with van der Waals surface area (Å²) in [6.45, 7) is 4.13. The van der Waals surface area contributed by atoms with E-state index in [9.17, 15) is 9.18 Å². The molecule has 0 spiro atoms. The van der Waals surface area contributed by atoms with Gasteiger partial charge in [0, 0.05) is 24.3 Å². The normalized spacial score (nSPS) is 17.5. The van der Waals surface area contributed by atoms with Crippen LogP contribution in [0.2, 0.25) is 0 Å². The number of benzene rings is 1. The standard InChI is InChI=1S/C13H16FNO/c1-10-2-4-15(5-3-10)13-7-11(9-16)6-12(14)8-13/h6-10H,2-5H2,1H3. The highest BCUT2D eigenvalue weighted by Crippen LogP contribution is 2.24. The number of rotatable bonds is 2. The molecule has 3 heteroatoms. The van der Waals surface area contributed by atoms with E-state index in [1.54, 1.807) is 6.07 Å². The molecule has 86 valence electrons. The molecule has 0 amide bonds. The van der Waals surface area contributed by atoms with Gasteiger partial charge in [-0.3, -0.25) is 4.79 Å². The predicted octanol–water partition coefficient (Wildman–Crippen LogP) is 2.87. The van der Waals surface area contributed by atoms with E-state index >= 15 is 0 Å². The number of piperidine rings is 1. The third kappa shape index (κ3) is 2.40. The number of carbonyl (C=O) groups is 1. The van der Waals surface area contributed by atoms with Crippen LogP contribution < -0.4 is 4.90 Å². The Hall–Kier alpha value is -1.38. The summed E-state index contributed by atoms with van der Waals surface area (Å²) in [5.41, 5.74) is 1.24. The van der Waals surface area contributed by atoms with E-state index < -0.39 is 0 Å². The van der Waals surface area contributed by atoms with Crippen molar-refractivity contribution in [1.29, 1.82) is 0 Å². The summed E-state index contributed by atoms with van der Waals surface area (Å²) in [4.78, 5) is 12.8. The molecule has 1 aliphatic rings. The summed E-state index contributed by atoms with van der Waals surface area (Å²) in [7, 11) is 0. The molecule has 0 aromatic heterocycles. The fraction of sp³-hybridized carbons (Fsp3) is 0.462. The summed E-state index contributed by atoms with van der Waals surface area (Å²) in [5.74, 6) is 0.411. The number of aldehydes is 1. The summed E-state index contributed by atoms with van der Waals surface area (Å²) >= 11 is 0. The number of nitrogens with zero attached hydrogens (tertiary/aromatic N) is 1. The molecular weight excluding hydrogens is 205 g/mol. The number of hydrogen-bond donors (Lipinski definition) is 0. The molecule has 2 rings (SSSR count). The second-order valence-electron chi connectivity index (χ2n) is 4.53. The van der Waals surface area contributed by atoms with Crippen LogP contribution in [-0.2, 0) is 0 Å². The summed E-state index contributed by atoms with van der Waals surface area (Å²) in [6, 6.07) is 4.53. The average molecular weight is 221 g/mol. The molecule has 0 N–H and O–H groups in total. The fourth-order valence-corrected chi connectivity index (χ4v) is 2.11. The van der Waals surface area contributed by atoms with Gasteiger partial charge in [0.05, 0.1) is 0 Å². The van der Waals surface area contributed by atoms with Crippen LogP contribution in [0, 0.1) is 11.7 Å². The lowest BCUT2D eigenvalue weighted by Crippen LogP contribution is -2.32. The van der Waals surface area contributed by atoms with Gasteiger partial charge in [0.1, 0.15) is 12.1 Å². The van der Waals surface area contributed by atoms with Crippen molar-refractivity contribution in [3.63, 3.8) is 0 Å². The summed E-state index contributed by atoms with van der Waals surface area (Å²) in [6.07, 6.45) is 2.96. The molecule has 1 fully saturated rings. The third-order valence-corrected chi connectivity index (χ3v) is 3.19. The lowest BCUT2D eigenvalue weighted by molar-refractivity contribution is 0.112. The van der Waals surface area contributed by atoms with E-state index in [-0.39, 0.29) is 5.82 Å². The van der Waals surface area contributed by atoms with Gasteiger partial charge in [0.2, 0.25) is 0 Å². The van der Waals surface area contributed by atoms with Crippen molar-refractivity contribution in [2.45, 2.75) is 19.8 Å².